The fraction of sp³-hybridized carbons (Fsp3) is 0.222. The van der Waals surface area contributed by atoms with Crippen LogP contribution in [0.3, 0.4) is 0 Å². The van der Waals surface area contributed by atoms with Crippen LogP contribution >= 0.6 is 0 Å². The van der Waals surface area contributed by atoms with E-state index in [1.165, 1.54) is 4.72 Å². The van der Waals surface area contributed by atoms with Gasteiger partial charge in [-0.05, 0) is 12.1 Å². The Kier molecular flexibility index (Phi) is 4.55. The zero-order valence-electron chi connectivity index (χ0n) is 9.53. The van der Waals surface area contributed by atoms with Gasteiger partial charge in [0.1, 0.15) is 17.9 Å². The van der Waals surface area contributed by atoms with E-state index in [1.54, 1.807) is 0 Å². The number of anilines is 1. The van der Waals surface area contributed by atoms with Gasteiger partial charge in [-0.2, -0.15) is 26.3 Å². The summed E-state index contributed by atoms with van der Waals surface area (Å²) in [7, 11) is -4.69. The Bertz CT molecular complexity index is 615. The van der Waals surface area contributed by atoms with Crippen molar-refractivity contribution in [3.63, 3.8) is 0 Å². The summed E-state index contributed by atoms with van der Waals surface area (Å²) >= 11 is 0. The first-order chi connectivity index (χ1) is 9.02. The number of rotatable bonds is 5. The highest BCUT2D eigenvalue weighted by molar-refractivity contribution is 7.90. The molecule has 20 heavy (non-hydrogen) atoms. The Morgan fingerprint density at radius 2 is 1.90 bits per heavy atom. The maximum atomic E-state index is 13.2. The molecule has 0 spiro atoms. The van der Waals surface area contributed by atoms with Crippen molar-refractivity contribution in [3.8, 4) is 0 Å². The maximum absolute atomic E-state index is 13.2. The molecule has 1 rings (SSSR count). The Balaban J connectivity index is 2.99. The van der Waals surface area contributed by atoms with Gasteiger partial charge >= 0.3 is 12.1 Å². The molecule has 0 aromatic heterocycles. The number of carboxylic acid groups (broad SMARTS) is 1. The Labute approximate surface area is 110 Å². The predicted octanol–water partition coefficient (Wildman–Crippen LogP) is 1.33. The highest BCUT2D eigenvalue weighted by atomic mass is 32.2. The minimum atomic E-state index is -4.79. The van der Waals surface area contributed by atoms with Crippen molar-refractivity contribution < 1.29 is 35.9 Å². The maximum Gasteiger partial charge on any atom is 0.402 e. The van der Waals surface area contributed by atoms with Crippen molar-refractivity contribution in [1.29, 1.82) is 0 Å². The van der Waals surface area contributed by atoms with Gasteiger partial charge in [0.15, 0.2) is 0 Å². The number of carbonyl (C=O) groups is 1. The van der Waals surface area contributed by atoms with Crippen LogP contribution in [-0.2, 0) is 10.2 Å². The second kappa shape index (κ2) is 5.63. The second-order valence-electron chi connectivity index (χ2n) is 3.51. The van der Waals surface area contributed by atoms with Gasteiger partial charge in [-0.25, -0.2) is 9.18 Å². The lowest BCUT2D eigenvalue weighted by Gasteiger charge is -2.12. The highest BCUT2D eigenvalue weighted by Gasteiger charge is 2.30. The topological polar surface area (TPSA) is 95.5 Å². The van der Waals surface area contributed by atoms with Crippen molar-refractivity contribution in [2.45, 2.75) is 6.18 Å². The van der Waals surface area contributed by atoms with Crippen LogP contribution in [0.25, 0.3) is 0 Å². The lowest BCUT2D eigenvalue weighted by Crippen LogP contribution is -2.37. The Morgan fingerprint density at radius 3 is 2.40 bits per heavy atom. The smallest absolute Gasteiger partial charge is 0.402 e. The Morgan fingerprint density at radius 1 is 1.30 bits per heavy atom. The number of halogens is 4. The van der Waals surface area contributed by atoms with E-state index in [4.69, 9.17) is 5.11 Å². The summed E-state index contributed by atoms with van der Waals surface area (Å²) in [6, 6.07) is 2.67. The van der Waals surface area contributed by atoms with Crippen LogP contribution in [0.2, 0.25) is 0 Å². The summed E-state index contributed by atoms with van der Waals surface area (Å²) in [6.45, 7) is -1.85. The molecular weight excluding hydrogens is 308 g/mol. The molecule has 0 unspecified atom stereocenters. The van der Waals surface area contributed by atoms with E-state index in [-0.39, 0.29) is 0 Å². The molecule has 0 atom stereocenters. The number of benzene rings is 1. The van der Waals surface area contributed by atoms with E-state index in [2.05, 4.69) is 0 Å². The molecule has 0 radical (unpaired) electrons. The standard InChI is InChI=1S/C9H8F4N2O4S/c10-5-2-1-3-6(7(5)8(16)17)15-20(18,19)14-4-9(11,12)13/h1-3,14-15H,4H2,(H,16,17). The molecule has 6 nitrogen and oxygen atoms in total. The first-order valence-electron chi connectivity index (χ1n) is 4.88. The third kappa shape index (κ3) is 4.66. The largest absolute Gasteiger partial charge is 0.478 e. The van der Waals surface area contributed by atoms with E-state index in [0.29, 0.717) is 0 Å². The van der Waals surface area contributed by atoms with Crippen molar-refractivity contribution in [1.82, 2.24) is 4.72 Å². The highest BCUT2D eigenvalue weighted by Crippen LogP contribution is 2.20. The second-order valence-corrected chi connectivity index (χ2v) is 5.01. The summed E-state index contributed by atoms with van der Waals surface area (Å²) < 4.78 is 74.2. The van der Waals surface area contributed by atoms with Gasteiger partial charge in [0.2, 0.25) is 0 Å². The molecule has 3 N–H and O–H groups in total. The minimum absolute atomic E-state index is 0.688. The SMILES string of the molecule is O=C(O)c1c(F)cccc1NS(=O)(=O)NCC(F)(F)F. The van der Waals surface area contributed by atoms with Gasteiger partial charge in [-0.3, -0.25) is 4.72 Å². The minimum Gasteiger partial charge on any atom is -0.478 e. The zero-order chi connectivity index (χ0) is 15.6. The summed E-state index contributed by atoms with van der Waals surface area (Å²) in [5.41, 5.74) is -1.68. The van der Waals surface area contributed by atoms with Crippen LogP contribution in [0.1, 0.15) is 10.4 Å². The summed E-state index contributed by atoms with van der Waals surface area (Å²) in [5, 5.41) is 8.73. The number of hydrogen-bond donors (Lipinski definition) is 3. The first kappa shape index (κ1) is 16.2. The van der Waals surface area contributed by atoms with Crippen molar-refractivity contribution in [3.05, 3.63) is 29.6 Å². The first-order valence-corrected chi connectivity index (χ1v) is 6.36. The quantitative estimate of drug-likeness (QED) is 0.714. The lowest BCUT2D eigenvalue weighted by molar-refractivity contribution is -0.121. The van der Waals surface area contributed by atoms with Gasteiger partial charge in [0, 0.05) is 0 Å². The van der Waals surface area contributed by atoms with Crippen molar-refractivity contribution in [2.75, 3.05) is 11.3 Å². The molecule has 0 saturated carbocycles. The number of aromatic carboxylic acids is 1. The number of hydrogen-bond acceptors (Lipinski definition) is 3. The third-order valence-corrected chi connectivity index (χ3v) is 2.95. The average molecular weight is 316 g/mol. The third-order valence-electron chi connectivity index (χ3n) is 1.93. The van der Waals surface area contributed by atoms with Crippen LogP contribution in [0.4, 0.5) is 23.2 Å². The van der Waals surface area contributed by atoms with Gasteiger partial charge in [-0.1, -0.05) is 6.07 Å². The predicted molar refractivity (Wildman–Crippen MR) is 60.0 cm³/mol. The fourth-order valence-corrected chi connectivity index (χ4v) is 2.07. The molecule has 112 valence electrons. The molecule has 1 aromatic rings. The monoisotopic (exact) mass is 316 g/mol. The van der Waals surface area contributed by atoms with Crippen LogP contribution in [0.15, 0.2) is 18.2 Å². The summed E-state index contributed by atoms with van der Waals surface area (Å²) in [4.78, 5) is 10.8. The molecule has 0 aliphatic heterocycles. The van der Waals surface area contributed by atoms with E-state index in [0.717, 1.165) is 22.9 Å². The van der Waals surface area contributed by atoms with E-state index in [9.17, 15) is 30.8 Å². The molecule has 0 heterocycles. The molecule has 0 fully saturated rings. The van der Waals surface area contributed by atoms with Crippen molar-refractivity contribution >= 4 is 21.9 Å². The normalized spacial score (nSPS) is 12.2. The average Bonchev–Trinajstić information content (AvgIpc) is 2.24. The van der Waals surface area contributed by atoms with Gasteiger partial charge in [0.05, 0.1) is 5.69 Å². The molecule has 1 aromatic carbocycles. The van der Waals surface area contributed by atoms with E-state index >= 15 is 0 Å². The summed E-state index contributed by atoms with van der Waals surface area (Å²) in [6.07, 6.45) is -4.79. The number of carboxylic acids is 1. The molecule has 0 bridgehead atoms. The zero-order valence-corrected chi connectivity index (χ0v) is 10.3. The molecule has 0 saturated heterocycles. The fourth-order valence-electron chi connectivity index (χ4n) is 1.18. The summed E-state index contributed by atoms with van der Waals surface area (Å²) in [5.74, 6) is -3.00. The number of nitrogens with one attached hydrogen (secondary N) is 2. The van der Waals surface area contributed by atoms with Crippen LogP contribution in [-0.4, -0.2) is 32.2 Å². The van der Waals surface area contributed by atoms with Crippen molar-refractivity contribution in [2.24, 2.45) is 0 Å². The molecule has 0 aliphatic carbocycles. The van der Waals surface area contributed by atoms with Crippen LogP contribution < -0.4 is 9.44 Å². The molecule has 11 heteroatoms. The van der Waals surface area contributed by atoms with E-state index in [1.807, 2.05) is 0 Å². The molecule has 0 amide bonds. The van der Waals surface area contributed by atoms with Gasteiger partial charge in [0.25, 0.3) is 10.2 Å². The lowest BCUT2D eigenvalue weighted by atomic mass is 10.2. The number of alkyl halides is 3. The molecular formula is C9H8F4N2O4S. The van der Waals surface area contributed by atoms with Gasteiger partial charge < -0.3 is 5.11 Å². The Hall–Kier alpha value is -1.88. The molecule has 0 aliphatic rings. The van der Waals surface area contributed by atoms with Crippen LogP contribution in [0, 0.1) is 5.82 Å². The van der Waals surface area contributed by atoms with Crippen LogP contribution in [0.5, 0.6) is 0 Å². The van der Waals surface area contributed by atoms with E-state index < -0.39 is 46.0 Å². The van der Waals surface area contributed by atoms with Gasteiger partial charge in [-0.15, -0.1) is 0 Å².